The Balaban J connectivity index is 2.33. The van der Waals surface area contributed by atoms with Crippen LogP contribution >= 0.6 is 7.82 Å². The molecule has 0 fully saturated rings. The molecule has 6 nitrogen and oxygen atoms in total. The minimum Gasteiger partial charge on any atom is -0.404 e. The van der Waals surface area contributed by atoms with E-state index in [1.165, 1.54) is 6.07 Å². The van der Waals surface area contributed by atoms with E-state index in [9.17, 15) is 4.57 Å². The largest absolute Gasteiger partial charge is 0.524 e. The molecule has 0 aliphatic carbocycles. The molecule has 0 bridgehead atoms. The molecule has 0 aliphatic heterocycles. The van der Waals surface area contributed by atoms with Crippen LogP contribution < -0.4 is 9.84 Å². The summed E-state index contributed by atoms with van der Waals surface area (Å²) in [7, 11) is -2.63. The highest BCUT2D eigenvalue weighted by Gasteiger charge is 2.16. The van der Waals surface area contributed by atoms with Gasteiger partial charge in [0.05, 0.1) is 0 Å². The van der Waals surface area contributed by atoms with Crippen LogP contribution in [0.3, 0.4) is 0 Å². The van der Waals surface area contributed by atoms with Crippen molar-refractivity contribution in [3.05, 3.63) is 30.0 Å². The van der Waals surface area contributed by atoms with Gasteiger partial charge in [-0.25, -0.2) is 4.57 Å². The van der Waals surface area contributed by atoms with E-state index in [-0.39, 0.29) is 5.75 Å². The molecule has 1 aromatic carbocycles. The molecule has 2 rings (SSSR count). The number of hydrogen-bond donors (Lipinski definition) is 4. The highest BCUT2D eigenvalue weighted by molar-refractivity contribution is 7.46. The molecule has 4 N–H and O–H groups in total. The maximum absolute atomic E-state index is 10.8. The molecular formula is C11H15N2O4P. The number of likely N-dealkylation sites (N-methyl/N-ethyl adjacent to an activating group) is 1. The van der Waals surface area contributed by atoms with Gasteiger partial charge in [-0.1, -0.05) is 0 Å². The number of aromatic nitrogens is 1. The molecule has 18 heavy (non-hydrogen) atoms. The van der Waals surface area contributed by atoms with Crippen LogP contribution in [0.4, 0.5) is 0 Å². The summed E-state index contributed by atoms with van der Waals surface area (Å²) in [6.07, 6.45) is 2.72. The Hall–Kier alpha value is -1.33. The van der Waals surface area contributed by atoms with E-state index in [0.29, 0.717) is 0 Å². The smallest absolute Gasteiger partial charge is 0.404 e. The standard InChI is InChI=1S/C11H15N2O4P/c1-12-5-4-8-7-13-11-3-2-9(6-10(8)11)17-18(14,15)16/h2-3,6-7,12-13H,4-5H2,1H3,(H2,14,15,16). The van der Waals surface area contributed by atoms with Crippen LogP contribution in [-0.4, -0.2) is 28.4 Å². The molecule has 0 spiro atoms. The van der Waals surface area contributed by atoms with Crippen LogP contribution in [0.1, 0.15) is 5.56 Å². The average molecular weight is 270 g/mol. The predicted octanol–water partition coefficient (Wildman–Crippen LogP) is 1.40. The van der Waals surface area contributed by atoms with Gasteiger partial charge in [0.1, 0.15) is 5.75 Å². The van der Waals surface area contributed by atoms with E-state index in [2.05, 4.69) is 14.8 Å². The summed E-state index contributed by atoms with van der Waals surface area (Å²) in [6.45, 7) is 0.830. The van der Waals surface area contributed by atoms with Gasteiger partial charge < -0.3 is 14.8 Å². The van der Waals surface area contributed by atoms with Crippen molar-refractivity contribution in [1.29, 1.82) is 0 Å². The molecule has 2 aromatic rings. The molecular weight excluding hydrogens is 255 g/mol. The van der Waals surface area contributed by atoms with E-state index >= 15 is 0 Å². The van der Waals surface area contributed by atoms with Crippen molar-refractivity contribution in [2.24, 2.45) is 0 Å². The zero-order chi connectivity index (χ0) is 13.2. The molecule has 98 valence electrons. The van der Waals surface area contributed by atoms with Crippen LogP contribution in [0.25, 0.3) is 10.9 Å². The first-order valence-corrected chi connectivity index (χ1v) is 7.02. The Bertz CT molecular complexity index is 590. The second-order valence-corrected chi connectivity index (χ2v) is 5.12. The third kappa shape index (κ3) is 3.11. The van der Waals surface area contributed by atoms with Gasteiger partial charge in [0, 0.05) is 17.1 Å². The van der Waals surface area contributed by atoms with Gasteiger partial charge in [-0.3, -0.25) is 9.79 Å². The lowest BCUT2D eigenvalue weighted by Crippen LogP contribution is -2.09. The maximum atomic E-state index is 10.8. The summed E-state index contributed by atoms with van der Waals surface area (Å²) >= 11 is 0. The number of fused-ring (bicyclic) bond motifs is 1. The Morgan fingerprint density at radius 3 is 2.89 bits per heavy atom. The summed E-state index contributed by atoms with van der Waals surface area (Å²) in [5.41, 5.74) is 2.00. The summed E-state index contributed by atoms with van der Waals surface area (Å²) in [5, 5.41) is 3.97. The van der Waals surface area contributed by atoms with Gasteiger partial charge >= 0.3 is 7.82 Å². The van der Waals surface area contributed by atoms with Gasteiger partial charge in [-0.15, -0.1) is 0 Å². The SMILES string of the molecule is CNCCc1c[nH]c2ccc(OP(=O)(O)O)cc12. The van der Waals surface area contributed by atoms with Crippen LogP contribution in [0.5, 0.6) is 5.75 Å². The molecule has 0 amide bonds. The van der Waals surface area contributed by atoms with Crippen molar-refractivity contribution in [3.63, 3.8) is 0 Å². The van der Waals surface area contributed by atoms with E-state index in [1.807, 2.05) is 13.2 Å². The molecule has 0 radical (unpaired) electrons. The Morgan fingerprint density at radius 2 is 2.22 bits per heavy atom. The second-order valence-electron chi connectivity index (χ2n) is 3.96. The first kappa shape index (κ1) is 13.1. The number of aromatic amines is 1. The van der Waals surface area contributed by atoms with Gasteiger partial charge in [0.15, 0.2) is 0 Å². The van der Waals surface area contributed by atoms with Crippen LogP contribution in [0.15, 0.2) is 24.4 Å². The quantitative estimate of drug-likeness (QED) is 0.616. The van der Waals surface area contributed by atoms with Crippen LogP contribution in [-0.2, 0) is 11.0 Å². The van der Waals surface area contributed by atoms with Gasteiger partial charge in [-0.05, 0) is 43.8 Å². The third-order valence-corrected chi connectivity index (χ3v) is 3.06. The zero-order valence-corrected chi connectivity index (χ0v) is 10.8. The first-order valence-electron chi connectivity index (χ1n) is 5.49. The fraction of sp³-hybridized carbons (Fsp3) is 0.273. The van der Waals surface area contributed by atoms with Crippen LogP contribution in [0, 0.1) is 0 Å². The number of rotatable bonds is 5. The maximum Gasteiger partial charge on any atom is 0.524 e. The van der Waals surface area contributed by atoms with Gasteiger partial charge in [-0.2, -0.15) is 0 Å². The Morgan fingerprint density at radius 1 is 1.44 bits per heavy atom. The third-order valence-electron chi connectivity index (χ3n) is 2.61. The van der Waals surface area contributed by atoms with Crippen molar-refractivity contribution in [2.45, 2.75) is 6.42 Å². The van der Waals surface area contributed by atoms with Crippen molar-refractivity contribution in [1.82, 2.24) is 10.3 Å². The fourth-order valence-corrected chi connectivity index (χ4v) is 2.21. The topological polar surface area (TPSA) is 94.6 Å². The van der Waals surface area contributed by atoms with Crippen LogP contribution in [0.2, 0.25) is 0 Å². The van der Waals surface area contributed by atoms with Crippen molar-refractivity contribution < 1.29 is 18.9 Å². The average Bonchev–Trinajstić information content (AvgIpc) is 2.67. The number of hydrogen-bond acceptors (Lipinski definition) is 3. The van der Waals surface area contributed by atoms with Gasteiger partial charge in [0.25, 0.3) is 0 Å². The number of phosphoric acid groups is 1. The number of nitrogens with one attached hydrogen (secondary N) is 2. The van der Waals surface area contributed by atoms with Crippen molar-refractivity contribution in [3.8, 4) is 5.75 Å². The predicted molar refractivity (Wildman–Crippen MR) is 68.6 cm³/mol. The minimum absolute atomic E-state index is 0.168. The number of phosphoric ester groups is 1. The minimum atomic E-state index is -4.51. The lowest BCUT2D eigenvalue weighted by Gasteiger charge is -2.07. The monoisotopic (exact) mass is 270 g/mol. The molecule has 0 aliphatic rings. The molecule has 0 atom stereocenters. The van der Waals surface area contributed by atoms with Crippen molar-refractivity contribution in [2.75, 3.05) is 13.6 Å². The Labute approximate surface area is 104 Å². The summed E-state index contributed by atoms with van der Waals surface area (Å²) in [4.78, 5) is 20.7. The normalized spacial score (nSPS) is 11.9. The summed E-state index contributed by atoms with van der Waals surface area (Å²) < 4.78 is 15.4. The Kier molecular flexibility index (Phi) is 3.73. The highest BCUT2D eigenvalue weighted by Crippen LogP contribution is 2.38. The fourth-order valence-electron chi connectivity index (χ4n) is 1.82. The molecule has 1 aromatic heterocycles. The molecule has 7 heteroatoms. The van der Waals surface area contributed by atoms with E-state index in [1.54, 1.807) is 12.1 Å². The second kappa shape index (κ2) is 5.12. The van der Waals surface area contributed by atoms with E-state index in [4.69, 9.17) is 9.79 Å². The summed E-state index contributed by atoms with van der Waals surface area (Å²) in [6, 6.07) is 4.90. The molecule has 0 saturated heterocycles. The lowest BCUT2D eigenvalue weighted by atomic mass is 10.1. The van der Waals surface area contributed by atoms with Gasteiger partial charge in [0.2, 0.25) is 0 Å². The number of H-pyrrole nitrogens is 1. The highest BCUT2D eigenvalue weighted by atomic mass is 31.2. The van der Waals surface area contributed by atoms with E-state index < -0.39 is 7.82 Å². The molecule has 0 unspecified atom stereocenters. The lowest BCUT2D eigenvalue weighted by molar-refractivity contribution is 0.283. The summed E-state index contributed by atoms with van der Waals surface area (Å²) in [5.74, 6) is 0.168. The molecule has 1 heterocycles. The number of benzene rings is 1. The first-order chi connectivity index (χ1) is 8.49. The zero-order valence-electron chi connectivity index (χ0n) is 9.88. The van der Waals surface area contributed by atoms with Crippen molar-refractivity contribution >= 4 is 18.7 Å². The molecule has 0 saturated carbocycles. The van der Waals surface area contributed by atoms with E-state index in [0.717, 1.165) is 29.4 Å².